The molecule has 2 rings (SSSR count). The molecule has 1 aliphatic rings. The molecule has 3 N–H and O–H groups in total. The van der Waals surface area contributed by atoms with Crippen molar-refractivity contribution in [1.29, 1.82) is 0 Å². The zero-order valence-corrected chi connectivity index (χ0v) is 12.7. The Hall–Kier alpha value is -1.96. The van der Waals surface area contributed by atoms with Gasteiger partial charge in [0.2, 0.25) is 5.95 Å². The first kappa shape index (κ1) is 15.4. The molecular formula is C13H18N4O3S. The van der Waals surface area contributed by atoms with Gasteiger partial charge in [0.05, 0.1) is 11.8 Å². The Morgan fingerprint density at radius 1 is 1.48 bits per heavy atom. The Morgan fingerprint density at radius 2 is 2.19 bits per heavy atom. The van der Waals surface area contributed by atoms with E-state index >= 15 is 0 Å². The molecule has 1 aromatic rings. The molecule has 0 bridgehead atoms. The number of aromatic nitrogens is 2. The van der Waals surface area contributed by atoms with Crippen molar-refractivity contribution < 1.29 is 13.2 Å². The van der Waals surface area contributed by atoms with Crippen molar-refractivity contribution in [3.8, 4) is 0 Å². The van der Waals surface area contributed by atoms with Crippen molar-refractivity contribution in [2.24, 2.45) is 5.92 Å². The van der Waals surface area contributed by atoms with Crippen LogP contribution >= 0.6 is 0 Å². The summed E-state index contributed by atoms with van der Waals surface area (Å²) in [6, 6.07) is 1.05. The van der Waals surface area contributed by atoms with Crippen LogP contribution in [0, 0.1) is 5.92 Å². The van der Waals surface area contributed by atoms with E-state index in [0.717, 1.165) is 5.41 Å². The summed E-state index contributed by atoms with van der Waals surface area (Å²) < 4.78 is 22.6. The average molecular weight is 310 g/mol. The summed E-state index contributed by atoms with van der Waals surface area (Å²) in [5.74, 6) is -0.176. The van der Waals surface area contributed by atoms with Gasteiger partial charge in [0.25, 0.3) is 5.91 Å². The summed E-state index contributed by atoms with van der Waals surface area (Å²) in [5, 5.41) is 3.72. The quantitative estimate of drug-likeness (QED) is 0.826. The van der Waals surface area contributed by atoms with E-state index in [1.54, 1.807) is 6.07 Å². The van der Waals surface area contributed by atoms with Gasteiger partial charge < -0.3 is 11.1 Å². The van der Waals surface area contributed by atoms with Crippen LogP contribution in [0.1, 0.15) is 30.0 Å². The first-order chi connectivity index (χ1) is 9.75. The lowest BCUT2D eigenvalue weighted by molar-refractivity contribution is 0.0942. The van der Waals surface area contributed by atoms with Crippen molar-refractivity contribution >= 4 is 21.7 Å². The number of hydrogen-bond acceptors (Lipinski definition) is 6. The van der Waals surface area contributed by atoms with Crippen LogP contribution in [0.3, 0.4) is 0 Å². The fourth-order valence-corrected chi connectivity index (χ4v) is 3.30. The van der Waals surface area contributed by atoms with Crippen LogP contribution in [0.25, 0.3) is 0 Å². The average Bonchev–Trinajstić information content (AvgIpc) is 2.66. The third-order valence-corrected chi connectivity index (χ3v) is 4.29. The Morgan fingerprint density at radius 3 is 2.76 bits per heavy atom. The standard InChI is InChI=1S/C13H18N4O3S/c1-8(2)5-10-6-11(17-13(14)16-10)12(18)15-9-3-4-21(19,20)7-9/h3-4,6,8-9H,5,7H2,1-2H3,(H,15,18)(H2,14,16,17)/t9-/m0/s1. The van der Waals surface area contributed by atoms with E-state index in [2.05, 4.69) is 15.3 Å². The molecule has 8 heteroatoms. The fraction of sp³-hybridized carbons (Fsp3) is 0.462. The minimum Gasteiger partial charge on any atom is -0.368 e. The van der Waals surface area contributed by atoms with Crippen molar-refractivity contribution in [3.05, 3.63) is 28.9 Å². The zero-order chi connectivity index (χ0) is 15.6. The van der Waals surface area contributed by atoms with Crippen LogP contribution in [0.5, 0.6) is 0 Å². The number of sulfone groups is 1. The van der Waals surface area contributed by atoms with E-state index in [1.165, 1.54) is 6.08 Å². The summed E-state index contributed by atoms with van der Waals surface area (Å²) in [5.41, 5.74) is 6.45. The minimum absolute atomic E-state index is 0.0351. The van der Waals surface area contributed by atoms with Crippen LogP contribution in [-0.2, 0) is 16.3 Å². The number of carbonyl (C=O) groups is 1. The zero-order valence-electron chi connectivity index (χ0n) is 11.9. The van der Waals surface area contributed by atoms with Crippen LogP contribution in [0.15, 0.2) is 17.6 Å². The molecule has 1 aliphatic heterocycles. The van der Waals surface area contributed by atoms with E-state index < -0.39 is 21.8 Å². The summed E-state index contributed by atoms with van der Waals surface area (Å²) in [6.07, 6.45) is 2.14. The molecule has 2 heterocycles. The van der Waals surface area contributed by atoms with E-state index in [-0.39, 0.29) is 17.4 Å². The predicted molar refractivity (Wildman–Crippen MR) is 79.2 cm³/mol. The van der Waals surface area contributed by atoms with Gasteiger partial charge in [-0.3, -0.25) is 4.79 Å². The Balaban J connectivity index is 2.12. The summed E-state index contributed by atoms with van der Waals surface area (Å²) in [4.78, 5) is 20.1. The number of nitrogens with one attached hydrogen (secondary N) is 1. The highest BCUT2D eigenvalue weighted by Crippen LogP contribution is 2.11. The molecule has 114 valence electrons. The second-order valence-electron chi connectivity index (χ2n) is 5.44. The summed E-state index contributed by atoms with van der Waals surface area (Å²) >= 11 is 0. The molecule has 21 heavy (non-hydrogen) atoms. The second kappa shape index (κ2) is 5.80. The molecule has 0 aromatic carbocycles. The van der Waals surface area contributed by atoms with Gasteiger partial charge in [-0.1, -0.05) is 13.8 Å². The maximum atomic E-state index is 12.1. The lowest BCUT2D eigenvalue weighted by atomic mass is 10.1. The Bertz CT molecular complexity index is 683. The number of hydrogen-bond donors (Lipinski definition) is 2. The van der Waals surface area contributed by atoms with Crippen molar-refractivity contribution in [2.75, 3.05) is 11.5 Å². The number of carbonyl (C=O) groups excluding carboxylic acids is 1. The third kappa shape index (κ3) is 4.25. The highest BCUT2D eigenvalue weighted by molar-refractivity contribution is 7.94. The highest BCUT2D eigenvalue weighted by atomic mass is 32.2. The molecule has 0 unspecified atom stereocenters. The Labute approximate surface area is 123 Å². The van der Waals surface area contributed by atoms with Crippen molar-refractivity contribution in [3.63, 3.8) is 0 Å². The number of nitrogen functional groups attached to an aromatic ring is 1. The van der Waals surface area contributed by atoms with E-state index in [4.69, 9.17) is 5.73 Å². The van der Waals surface area contributed by atoms with Gasteiger partial charge in [-0.25, -0.2) is 18.4 Å². The van der Waals surface area contributed by atoms with Crippen molar-refractivity contribution in [1.82, 2.24) is 15.3 Å². The first-order valence-corrected chi connectivity index (χ1v) is 8.32. The van der Waals surface area contributed by atoms with E-state index in [9.17, 15) is 13.2 Å². The number of nitrogens with two attached hydrogens (primary N) is 1. The highest BCUT2D eigenvalue weighted by Gasteiger charge is 2.24. The van der Waals surface area contributed by atoms with Crippen LogP contribution in [0.2, 0.25) is 0 Å². The van der Waals surface area contributed by atoms with Gasteiger partial charge in [0.1, 0.15) is 5.69 Å². The second-order valence-corrected chi connectivity index (χ2v) is 7.37. The SMILES string of the molecule is CC(C)Cc1cc(C(=O)N[C@H]2C=CS(=O)(=O)C2)nc(N)n1. The monoisotopic (exact) mass is 310 g/mol. The largest absolute Gasteiger partial charge is 0.368 e. The first-order valence-electron chi connectivity index (χ1n) is 6.60. The molecule has 0 saturated carbocycles. The lowest BCUT2D eigenvalue weighted by Crippen LogP contribution is -2.36. The maximum Gasteiger partial charge on any atom is 0.270 e. The number of rotatable bonds is 4. The lowest BCUT2D eigenvalue weighted by Gasteiger charge is -2.11. The minimum atomic E-state index is -3.21. The van der Waals surface area contributed by atoms with E-state index in [1.807, 2.05) is 13.8 Å². The van der Waals surface area contributed by atoms with Crippen LogP contribution < -0.4 is 11.1 Å². The van der Waals surface area contributed by atoms with E-state index in [0.29, 0.717) is 18.0 Å². The molecule has 0 fully saturated rings. The smallest absolute Gasteiger partial charge is 0.270 e. The molecule has 1 amide bonds. The van der Waals surface area contributed by atoms with Gasteiger partial charge in [-0.15, -0.1) is 0 Å². The fourth-order valence-electron chi connectivity index (χ4n) is 2.07. The van der Waals surface area contributed by atoms with Crippen LogP contribution in [-0.4, -0.2) is 36.1 Å². The van der Waals surface area contributed by atoms with Gasteiger partial charge in [0, 0.05) is 11.1 Å². The molecule has 1 aromatic heterocycles. The maximum absolute atomic E-state index is 12.1. The molecule has 7 nitrogen and oxygen atoms in total. The number of nitrogens with zero attached hydrogens (tertiary/aromatic N) is 2. The van der Waals surface area contributed by atoms with Gasteiger partial charge in [-0.05, 0) is 24.5 Å². The van der Waals surface area contributed by atoms with Gasteiger partial charge in [-0.2, -0.15) is 0 Å². The topological polar surface area (TPSA) is 115 Å². The molecule has 0 aliphatic carbocycles. The van der Waals surface area contributed by atoms with Crippen LogP contribution in [0.4, 0.5) is 5.95 Å². The number of amides is 1. The molecule has 0 spiro atoms. The molecule has 0 radical (unpaired) electrons. The third-order valence-electron chi connectivity index (χ3n) is 2.89. The normalized spacial score (nSPS) is 19.9. The Kier molecular flexibility index (Phi) is 4.26. The predicted octanol–water partition coefficient (Wildman–Crippen LogP) is 0.298. The van der Waals surface area contributed by atoms with Gasteiger partial charge >= 0.3 is 0 Å². The summed E-state index contributed by atoms with van der Waals surface area (Å²) in [6.45, 7) is 4.07. The summed E-state index contributed by atoms with van der Waals surface area (Å²) in [7, 11) is -3.21. The van der Waals surface area contributed by atoms with Gasteiger partial charge in [0.15, 0.2) is 9.84 Å². The molecular weight excluding hydrogens is 292 g/mol. The van der Waals surface area contributed by atoms with Crippen molar-refractivity contribution in [2.45, 2.75) is 26.3 Å². The number of anilines is 1. The molecule has 1 atom stereocenters. The molecule has 0 saturated heterocycles.